The molecule has 0 aliphatic heterocycles. The van der Waals surface area contributed by atoms with Crippen LogP contribution in [0, 0.1) is 6.92 Å². The molecule has 1 rings (SSSR count). The first-order valence-electron chi connectivity index (χ1n) is 5.21. The molecule has 0 radical (unpaired) electrons. The number of nitrogens with one attached hydrogen (secondary N) is 2. The average Bonchev–Trinajstić information content (AvgIpc) is 2.24. The van der Waals surface area contributed by atoms with Crippen LogP contribution in [-0.4, -0.2) is 24.5 Å². The number of carbonyl (C=O) groups excluding carboxylic acids is 1. The fourth-order valence-electron chi connectivity index (χ4n) is 1.24. The van der Waals surface area contributed by atoms with E-state index >= 15 is 0 Å². The van der Waals surface area contributed by atoms with Crippen molar-refractivity contribution < 1.29 is 4.79 Å². The predicted octanol–water partition coefficient (Wildman–Crippen LogP) is 2.09. The van der Waals surface area contributed by atoms with E-state index in [4.69, 9.17) is 0 Å². The number of halogens is 1. The highest BCUT2D eigenvalue weighted by Gasteiger charge is 2.04. The Kier molecular flexibility index (Phi) is 5.42. The third-order valence-corrected chi connectivity index (χ3v) is 2.96. The Morgan fingerprint density at radius 3 is 2.88 bits per heavy atom. The number of hydrogen-bond acceptors (Lipinski definition) is 3. The lowest BCUT2D eigenvalue weighted by atomic mass is 10.3. The van der Waals surface area contributed by atoms with E-state index in [-0.39, 0.29) is 5.91 Å². The monoisotopic (exact) mass is 285 g/mol. The van der Waals surface area contributed by atoms with Crippen molar-refractivity contribution in [1.82, 2.24) is 10.3 Å². The molecule has 5 heteroatoms. The maximum absolute atomic E-state index is 11.5. The number of anilines is 1. The molecule has 0 bridgehead atoms. The lowest BCUT2D eigenvalue weighted by molar-refractivity contribution is -0.116. The zero-order valence-electron chi connectivity index (χ0n) is 9.51. The summed E-state index contributed by atoms with van der Waals surface area (Å²) < 4.78 is 0.945. The van der Waals surface area contributed by atoms with E-state index in [1.54, 1.807) is 6.07 Å². The smallest absolute Gasteiger partial charge is 0.225 e. The molecular weight excluding hydrogens is 270 g/mol. The molecule has 1 amide bonds. The molecule has 0 unspecified atom stereocenters. The van der Waals surface area contributed by atoms with Gasteiger partial charge in [0.05, 0.1) is 5.69 Å². The van der Waals surface area contributed by atoms with Crippen molar-refractivity contribution in [2.24, 2.45) is 0 Å². The van der Waals surface area contributed by atoms with Gasteiger partial charge in [-0.3, -0.25) is 4.79 Å². The van der Waals surface area contributed by atoms with Crippen LogP contribution >= 0.6 is 15.9 Å². The third-order valence-electron chi connectivity index (χ3n) is 2.12. The maximum Gasteiger partial charge on any atom is 0.225 e. The Bertz CT molecular complexity index is 368. The molecule has 16 heavy (non-hydrogen) atoms. The first-order chi connectivity index (χ1) is 7.63. The number of rotatable bonds is 5. The van der Waals surface area contributed by atoms with Crippen molar-refractivity contribution in [1.29, 1.82) is 0 Å². The molecular formula is C11H16BrN3O. The molecule has 0 aliphatic rings. The van der Waals surface area contributed by atoms with Crippen LogP contribution in [0.15, 0.2) is 16.6 Å². The zero-order valence-corrected chi connectivity index (χ0v) is 11.1. The van der Waals surface area contributed by atoms with Crippen LogP contribution in [0.5, 0.6) is 0 Å². The minimum atomic E-state index is 0.00414. The van der Waals surface area contributed by atoms with E-state index in [1.807, 2.05) is 20.0 Å². The predicted molar refractivity (Wildman–Crippen MR) is 68.5 cm³/mol. The highest BCUT2D eigenvalue weighted by Crippen LogP contribution is 2.16. The minimum absolute atomic E-state index is 0.00414. The van der Waals surface area contributed by atoms with Crippen LogP contribution in [0.2, 0.25) is 0 Å². The Labute approximate surface area is 104 Å². The topological polar surface area (TPSA) is 54.0 Å². The van der Waals surface area contributed by atoms with E-state index in [2.05, 4.69) is 31.5 Å². The lowest BCUT2D eigenvalue weighted by Crippen LogP contribution is -2.16. The summed E-state index contributed by atoms with van der Waals surface area (Å²) in [7, 11) is 1.87. The molecule has 4 nitrogen and oxygen atoms in total. The van der Waals surface area contributed by atoms with E-state index < -0.39 is 0 Å². The normalized spacial score (nSPS) is 10.2. The number of nitrogens with zero attached hydrogens (tertiary/aromatic N) is 1. The molecule has 1 heterocycles. The van der Waals surface area contributed by atoms with E-state index in [0.29, 0.717) is 12.2 Å². The second-order valence-electron chi connectivity index (χ2n) is 3.52. The van der Waals surface area contributed by atoms with Gasteiger partial charge in [-0.15, -0.1) is 0 Å². The zero-order chi connectivity index (χ0) is 12.0. The molecule has 0 atom stereocenters. The van der Waals surface area contributed by atoms with Gasteiger partial charge in [-0.05, 0) is 55.0 Å². The van der Waals surface area contributed by atoms with Crippen LogP contribution in [0.1, 0.15) is 18.5 Å². The Balaban J connectivity index is 2.46. The summed E-state index contributed by atoms with van der Waals surface area (Å²) in [6.07, 6.45) is 1.34. The molecule has 0 saturated heterocycles. The molecule has 0 spiro atoms. The van der Waals surface area contributed by atoms with Crippen molar-refractivity contribution in [3.05, 3.63) is 22.3 Å². The fraction of sp³-hybridized carbons (Fsp3) is 0.455. The number of hydrogen-bond donors (Lipinski definition) is 2. The Morgan fingerprint density at radius 1 is 1.50 bits per heavy atom. The number of carbonyl (C=O) groups is 1. The SMILES string of the molecule is CNCCCC(=O)Nc1ccc(Br)c(C)n1. The van der Waals surface area contributed by atoms with Gasteiger partial charge in [0.15, 0.2) is 0 Å². The number of amides is 1. The highest BCUT2D eigenvalue weighted by molar-refractivity contribution is 9.10. The van der Waals surface area contributed by atoms with Crippen LogP contribution in [0.3, 0.4) is 0 Å². The quantitative estimate of drug-likeness (QED) is 0.815. The van der Waals surface area contributed by atoms with Gasteiger partial charge in [0.2, 0.25) is 5.91 Å². The number of pyridine rings is 1. The maximum atomic E-state index is 11.5. The van der Waals surface area contributed by atoms with Crippen LogP contribution in [-0.2, 0) is 4.79 Å². The average molecular weight is 286 g/mol. The van der Waals surface area contributed by atoms with Crippen molar-refractivity contribution in [3.63, 3.8) is 0 Å². The van der Waals surface area contributed by atoms with E-state index in [9.17, 15) is 4.79 Å². The van der Waals surface area contributed by atoms with Crippen molar-refractivity contribution in [3.8, 4) is 0 Å². The summed E-state index contributed by atoms with van der Waals surface area (Å²) in [5.41, 5.74) is 0.869. The van der Waals surface area contributed by atoms with Gasteiger partial charge in [-0.2, -0.15) is 0 Å². The second-order valence-corrected chi connectivity index (χ2v) is 4.37. The van der Waals surface area contributed by atoms with Crippen molar-refractivity contribution in [2.45, 2.75) is 19.8 Å². The summed E-state index contributed by atoms with van der Waals surface area (Å²) in [6.45, 7) is 2.74. The van der Waals surface area contributed by atoms with Crippen LogP contribution in [0.4, 0.5) is 5.82 Å². The van der Waals surface area contributed by atoms with Gasteiger partial charge in [-0.25, -0.2) is 4.98 Å². The molecule has 0 fully saturated rings. The van der Waals surface area contributed by atoms with Gasteiger partial charge in [0, 0.05) is 10.9 Å². The Hall–Kier alpha value is -0.940. The standard InChI is InChI=1S/C11H16BrN3O/c1-8-9(12)5-6-10(14-8)15-11(16)4-3-7-13-2/h5-6,13H,3-4,7H2,1-2H3,(H,14,15,16). The molecule has 0 aliphatic carbocycles. The fourth-order valence-corrected chi connectivity index (χ4v) is 1.47. The molecule has 1 aromatic rings. The van der Waals surface area contributed by atoms with Gasteiger partial charge < -0.3 is 10.6 Å². The van der Waals surface area contributed by atoms with Gasteiger partial charge in [0.1, 0.15) is 5.82 Å². The van der Waals surface area contributed by atoms with E-state index in [0.717, 1.165) is 23.1 Å². The first kappa shape index (κ1) is 13.1. The lowest BCUT2D eigenvalue weighted by Gasteiger charge is -2.05. The minimum Gasteiger partial charge on any atom is -0.320 e. The summed E-state index contributed by atoms with van der Waals surface area (Å²) in [4.78, 5) is 15.7. The van der Waals surface area contributed by atoms with Crippen LogP contribution in [0.25, 0.3) is 0 Å². The first-order valence-corrected chi connectivity index (χ1v) is 6.00. The number of aromatic nitrogens is 1. The highest BCUT2D eigenvalue weighted by atomic mass is 79.9. The second kappa shape index (κ2) is 6.60. The summed E-state index contributed by atoms with van der Waals surface area (Å²) in [6, 6.07) is 3.67. The summed E-state index contributed by atoms with van der Waals surface area (Å²) >= 11 is 3.36. The van der Waals surface area contributed by atoms with Crippen molar-refractivity contribution in [2.75, 3.05) is 18.9 Å². The molecule has 1 aromatic heterocycles. The molecule has 88 valence electrons. The molecule has 0 aromatic carbocycles. The van der Waals surface area contributed by atoms with Crippen LogP contribution < -0.4 is 10.6 Å². The summed E-state index contributed by atoms with van der Waals surface area (Å²) in [5.74, 6) is 0.611. The van der Waals surface area contributed by atoms with E-state index in [1.165, 1.54) is 0 Å². The Morgan fingerprint density at radius 2 is 2.25 bits per heavy atom. The van der Waals surface area contributed by atoms with Gasteiger partial charge in [0.25, 0.3) is 0 Å². The molecule has 0 saturated carbocycles. The summed E-state index contributed by atoms with van der Waals surface area (Å²) in [5, 5.41) is 5.77. The number of aryl methyl sites for hydroxylation is 1. The van der Waals surface area contributed by atoms with Crippen molar-refractivity contribution >= 4 is 27.7 Å². The third kappa shape index (κ3) is 4.28. The molecule has 2 N–H and O–H groups in total. The van der Waals surface area contributed by atoms with Gasteiger partial charge in [-0.1, -0.05) is 0 Å². The van der Waals surface area contributed by atoms with Gasteiger partial charge >= 0.3 is 0 Å². The largest absolute Gasteiger partial charge is 0.320 e.